The van der Waals surface area contributed by atoms with Crippen LogP contribution in [-0.4, -0.2) is 82.4 Å². The van der Waals surface area contributed by atoms with E-state index in [1.807, 2.05) is 0 Å². The van der Waals surface area contributed by atoms with Crippen LogP contribution in [0.2, 0.25) is 0 Å². The zero-order chi connectivity index (χ0) is 33.9. The Bertz CT molecular complexity index is 608. The highest BCUT2D eigenvalue weighted by atomic mass is 16.3. The third-order valence-electron chi connectivity index (χ3n) is 9.30. The van der Waals surface area contributed by atoms with Gasteiger partial charge in [-0.15, -0.1) is 0 Å². The van der Waals surface area contributed by atoms with Gasteiger partial charge < -0.3 is 25.1 Å². The maximum atomic E-state index is 12.8. The van der Waals surface area contributed by atoms with E-state index in [9.17, 15) is 24.9 Å². The van der Waals surface area contributed by atoms with E-state index in [1.165, 1.54) is 138 Å². The number of carbonyl (C=O) groups is 2. The number of hydrogen-bond acceptors (Lipinski definition) is 5. The molecule has 0 spiro atoms. The van der Waals surface area contributed by atoms with E-state index < -0.39 is 6.10 Å². The SMILES string of the molecule is CCCCCCCCCCCCCCCC(=O)N(CCO)CC(O)CN(CCO)C(=O)CCCCCCCCCCCCCCC. The fourth-order valence-electron chi connectivity index (χ4n) is 6.35. The molecule has 0 heterocycles. The second-order valence-corrected chi connectivity index (χ2v) is 13.8. The maximum Gasteiger partial charge on any atom is 0.222 e. The van der Waals surface area contributed by atoms with Gasteiger partial charge in [0.1, 0.15) is 0 Å². The Labute approximate surface area is 285 Å². The van der Waals surface area contributed by atoms with E-state index in [-0.39, 0.29) is 51.2 Å². The van der Waals surface area contributed by atoms with Crippen molar-refractivity contribution in [3.63, 3.8) is 0 Å². The number of amides is 2. The van der Waals surface area contributed by atoms with Crippen LogP contribution in [0.1, 0.15) is 194 Å². The molecule has 3 N–H and O–H groups in total. The van der Waals surface area contributed by atoms with E-state index in [0.717, 1.165) is 38.5 Å². The van der Waals surface area contributed by atoms with Crippen molar-refractivity contribution in [2.24, 2.45) is 0 Å². The molecular weight excluding hydrogens is 576 g/mol. The molecule has 0 bridgehead atoms. The van der Waals surface area contributed by atoms with Crippen LogP contribution in [0.3, 0.4) is 0 Å². The Morgan fingerprint density at radius 1 is 0.435 bits per heavy atom. The smallest absolute Gasteiger partial charge is 0.222 e. The Hall–Kier alpha value is -1.18. The van der Waals surface area contributed by atoms with Crippen LogP contribution in [0.25, 0.3) is 0 Å². The summed E-state index contributed by atoms with van der Waals surface area (Å²) in [6.45, 7) is 4.74. The molecule has 0 saturated heterocycles. The highest BCUT2D eigenvalue weighted by Gasteiger charge is 2.21. The van der Waals surface area contributed by atoms with E-state index in [4.69, 9.17) is 0 Å². The molecule has 46 heavy (non-hydrogen) atoms. The summed E-state index contributed by atoms with van der Waals surface area (Å²) in [6, 6.07) is 0. The average molecular weight is 655 g/mol. The van der Waals surface area contributed by atoms with Crippen molar-refractivity contribution in [3.05, 3.63) is 0 Å². The number of nitrogens with zero attached hydrogens (tertiary/aromatic N) is 2. The average Bonchev–Trinajstić information content (AvgIpc) is 3.04. The zero-order valence-corrected chi connectivity index (χ0v) is 30.7. The lowest BCUT2D eigenvalue weighted by Crippen LogP contribution is -2.46. The lowest BCUT2D eigenvalue weighted by atomic mass is 10.0. The summed E-state index contributed by atoms with van der Waals surface area (Å²) in [5.74, 6) is -0.105. The van der Waals surface area contributed by atoms with E-state index >= 15 is 0 Å². The summed E-state index contributed by atoms with van der Waals surface area (Å²) < 4.78 is 0. The van der Waals surface area contributed by atoms with Gasteiger partial charge in [0, 0.05) is 39.0 Å². The highest BCUT2D eigenvalue weighted by molar-refractivity contribution is 5.77. The molecule has 0 aliphatic carbocycles. The van der Waals surface area contributed by atoms with Crippen molar-refractivity contribution in [3.8, 4) is 0 Å². The van der Waals surface area contributed by atoms with Crippen LogP contribution in [0, 0.1) is 0 Å². The topological polar surface area (TPSA) is 101 Å². The number of rotatable bonds is 36. The molecule has 0 aliphatic rings. The molecule has 0 atom stereocenters. The molecule has 0 aromatic rings. The molecule has 274 valence electrons. The van der Waals surface area contributed by atoms with Crippen molar-refractivity contribution >= 4 is 11.8 Å². The van der Waals surface area contributed by atoms with Crippen molar-refractivity contribution in [2.45, 2.75) is 200 Å². The highest BCUT2D eigenvalue weighted by Crippen LogP contribution is 2.15. The molecule has 7 nitrogen and oxygen atoms in total. The van der Waals surface area contributed by atoms with Crippen molar-refractivity contribution in [1.29, 1.82) is 0 Å². The molecule has 0 unspecified atom stereocenters. The van der Waals surface area contributed by atoms with Crippen LogP contribution >= 0.6 is 0 Å². The van der Waals surface area contributed by atoms with Gasteiger partial charge in [0.25, 0.3) is 0 Å². The first kappa shape index (κ1) is 44.8. The zero-order valence-electron chi connectivity index (χ0n) is 30.7. The second kappa shape index (κ2) is 35.1. The normalized spacial score (nSPS) is 11.4. The van der Waals surface area contributed by atoms with Crippen LogP contribution in [0.5, 0.6) is 0 Å². The molecular formula is C39H78N2O5. The Morgan fingerprint density at radius 3 is 0.913 bits per heavy atom. The standard InChI is InChI=1S/C39H78N2O5/c1-3-5-7-9-11-13-15-17-19-21-23-25-27-29-38(45)40(31-33-42)35-37(44)36-41(32-34-43)39(46)30-28-26-24-22-20-18-16-14-12-10-8-6-4-2/h37,42-44H,3-36H2,1-2H3. The third kappa shape index (κ3) is 29.0. The molecule has 0 saturated carbocycles. The first-order valence-corrected chi connectivity index (χ1v) is 19.9. The van der Waals surface area contributed by atoms with Gasteiger partial charge in [-0.05, 0) is 12.8 Å². The summed E-state index contributed by atoms with van der Waals surface area (Å²) in [5, 5.41) is 29.8. The van der Waals surface area contributed by atoms with Crippen molar-refractivity contribution in [2.75, 3.05) is 39.4 Å². The van der Waals surface area contributed by atoms with Crippen molar-refractivity contribution in [1.82, 2.24) is 9.80 Å². The molecule has 0 fully saturated rings. The fourth-order valence-corrected chi connectivity index (χ4v) is 6.35. The minimum absolute atomic E-state index is 0.0526. The molecule has 0 radical (unpaired) electrons. The molecule has 0 aromatic heterocycles. The van der Waals surface area contributed by atoms with Crippen LogP contribution in [-0.2, 0) is 9.59 Å². The van der Waals surface area contributed by atoms with Crippen LogP contribution in [0.4, 0.5) is 0 Å². The summed E-state index contributed by atoms with van der Waals surface area (Å²) in [6.07, 6.45) is 32.5. The predicted octanol–water partition coefficient (Wildman–Crippen LogP) is 8.95. The van der Waals surface area contributed by atoms with Crippen molar-refractivity contribution < 1.29 is 24.9 Å². The Kier molecular flexibility index (Phi) is 34.2. The van der Waals surface area contributed by atoms with Gasteiger partial charge in [-0.3, -0.25) is 9.59 Å². The quantitative estimate of drug-likeness (QED) is 0.0586. The molecule has 0 aliphatic heterocycles. The van der Waals surface area contributed by atoms with E-state index in [2.05, 4.69) is 13.8 Å². The second-order valence-electron chi connectivity index (χ2n) is 13.8. The number of carbonyl (C=O) groups excluding carboxylic acids is 2. The van der Waals surface area contributed by atoms with Crippen LogP contribution in [0.15, 0.2) is 0 Å². The van der Waals surface area contributed by atoms with E-state index in [0.29, 0.717) is 12.8 Å². The first-order chi connectivity index (χ1) is 22.5. The number of unbranched alkanes of at least 4 members (excludes halogenated alkanes) is 24. The van der Waals surface area contributed by atoms with Gasteiger partial charge in [0.2, 0.25) is 11.8 Å². The van der Waals surface area contributed by atoms with E-state index in [1.54, 1.807) is 0 Å². The Morgan fingerprint density at radius 2 is 0.674 bits per heavy atom. The minimum Gasteiger partial charge on any atom is -0.395 e. The van der Waals surface area contributed by atoms with Gasteiger partial charge in [0.15, 0.2) is 0 Å². The van der Waals surface area contributed by atoms with Gasteiger partial charge in [-0.25, -0.2) is 0 Å². The van der Waals surface area contributed by atoms with Gasteiger partial charge >= 0.3 is 0 Å². The molecule has 7 heteroatoms. The third-order valence-corrected chi connectivity index (χ3v) is 9.30. The summed E-state index contributed by atoms with van der Waals surface area (Å²) in [5.41, 5.74) is 0. The Balaban J connectivity index is 4.11. The fraction of sp³-hybridized carbons (Fsp3) is 0.949. The van der Waals surface area contributed by atoms with Crippen LogP contribution < -0.4 is 0 Å². The predicted molar refractivity (Wildman–Crippen MR) is 194 cm³/mol. The molecule has 2 amide bonds. The summed E-state index contributed by atoms with van der Waals surface area (Å²) in [7, 11) is 0. The number of aliphatic hydroxyl groups is 3. The van der Waals surface area contributed by atoms with Gasteiger partial charge in [0.05, 0.1) is 19.3 Å². The molecule has 0 rings (SSSR count). The summed E-state index contributed by atoms with van der Waals surface area (Å²) in [4.78, 5) is 28.8. The maximum absolute atomic E-state index is 12.8. The lowest BCUT2D eigenvalue weighted by Gasteiger charge is -2.29. The minimum atomic E-state index is -0.913. The van der Waals surface area contributed by atoms with Gasteiger partial charge in [-0.1, -0.05) is 168 Å². The lowest BCUT2D eigenvalue weighted by molar-refractivity contribution is -0.135. The summed E-state index contributed by atoms with van der Waals surface area (Å²) >= 11 is 0. The molecule has 0 aromatic carbocycles. The largest absolute Gasteiger partial charge is 0.395 e. The van der Waals surface area contributed by atoms with Gasteiger partial charge in [-0.2, -0.15) is 0 Å². The monoisotopic (exact) mass is 655 g/mol. The first-order valence-electron chi connectivity index (χ1n) is 19.9. The number of aliphatic hydroxyl groups excluding tert-OH is 3. The number of hydrogen-bond donors (Lipinski definition) is 3.